The van der Waals surface area contributed by atoms with Crippen LogP contribution in [0.25, 0.3) is 6.08 Å². The second-order valence-electron chi connectivity index (χ2n) is 7.92. The molecule has 1 aromatic carbocycles. The minimum atomic E-state index is -0.356. The number of nitrogens with zero attached hydrogens (tertiary/aromatic N) is 3. The maximum Gasteiger partial charge on any atom is 0.270 e. The summed E-state index contributed by atoms with van der Waals surface area (Å²) in [6.45, 7) is 8.31. The number of aromatic nitrogens is 1. The SMILES string of the molecule is CCCn1c(NCc2ccccc2Cl)c(/C=C2/SC(=S)N(C(C)C)C2=O)c(C)c(C#N)c1=O. The van der Waals surface area contributed by atoms with Crippen molar-refractivity contribution >= 4 is 57.7 Å². The van der Waals surface area contributed by atoms with E-state index < -0.39 is 0 Å². The summed E-state index contributed by atoms with van der Waals surface area (Å²) >= 11 is 13.0. The molecule has 172 valence electrons. The molecule has 0 bridgehead atoms. The average molecular weight is 501 g/mol. The molecule has 6 nitrogen and oxygen atoms in total. The van der Waals surface area contributed by atoms with Gasteiger partial charge in [-0.05, 0) is 50.5 Å². The smallest absolute Gasteiger partial charge is 0.270 e. The molecule has 0 unspecified atom stereocenters. The number of thioether (sulfide) groups is 1. The normalized spacial score (nSPS) is 14.9. The Kier molecular flexibility index (Phi) is 8.01. The highest BCUT2D eigenvalue weighted by atomic mass is 35.5. The lowest BCUT2D eigenvalue weighted by molar-refractivity contribution is -0.123. The standard InChI is InChI=1S/C24H25ClN4O2S2/c1-5-10-28-21(27-13-16-8-6-7-9-19(16)25)17(15(4)18(12-26)22(28)30)11-20-23(31)29(14(2)3)24(32)33-20/h6-9,11,14,27H,5,10,13H2,1-4H3/b20-11+. The van der Waals surface area contributed by atoms with Gasteiger partial charge in [-0.3, -0.25) is 19.1 Å². The predicted octanol–water partition coefficient (Wildman–Crippen LogP) is 5.31. The number of benzene rings is 1. The number of nitriles is 1. The van der Waals surface area contributed by atoms with E-state index in [9.17, 15) is 14.9 Å². The minimum absolute atomic E-state index is 0.0639. The topological polar surface area (TPSA) is 78.1 Å². The summed E-state index contributed by atoms with van der Waals surface area (Å²) in [4.78, 5) is 28.2. The van der Waals surface area contributed by atoms with Crippen LogP contribution in [0.1, 0.15) is 49.4 Å². The van der Waals surface area contributed by atoms with Crippen LogP contribution >= 0.6 is 35.6 Å². The van der Waals surface area contributed by atoms with Crippen LogP contribution in [0, 0.1) is 18.3 Å². The van der Waals surface area contributed by atoms with Crippen molar-refractivity contribution in [2.24, 2.45) is 0 Å². The molecule has 1 aliphatic heterocycles. The van der Waals surface area contributed by atoms with Gasteiger partial charge in [-0.25, -0.2) is 0 Å². The van der Waals surface area contributed by atoms with Crippen molar-refractivity contribution in [2.75, 3.05) is 5.32 Å². The van der Waals surface area contributed by atoms with Crippen molar-refractivity contribution < 1.29 is 4.79 Å². The molecule has 0 aliphatic carbocycles. The van der Waals surface area contributed by atoms with E-state index in [4.69, 9.17) is 23.8 Å². The fourth-order valence-electron chi connectivity index (χ4n) is 3.67. The third kappa shape index (κ3) is 5.01. The molecule has 33 heavy (non-hydrogen) atoms. The average Bonchev–Trinajstić information content (AvgIpc) is 3.05. The number of nitrogens with one attached hydrogen (secondary N) is 1. The Hall–Kier alpha value is -2.60. The van der Waals surface area contributed by atoms with Crippen molar-refractivity contribution in [1.82, 2.24) is 9.47 Å². The first-order valence-electron chi connectivity index (χ1n) is 10.6. The Morgan fingerprint density at radius 3 is 2.58 bits per heavy atom. The highest BCUT2D eigenvalue weighted by Gasteiger charge is 2.34. The molecule has 3 rings (SSSR count). The van der Waals surface area contributed by atoms with Crippen LogP contribution in [0.15, 0.2) is 34.0 Å². The number of halogens is 1. The third-order valence-corrected chi connectivity index (χ3v) is 7.04. The van der Waals surface area contributed by atoms with Crippen LogP contribution in [-0.4, -0.2) is 25.7 Å². The zero-order chi connectivity index (χ0) is 24.3. The van der Waals surface area contributed by atoms with Gasteiger partial charge >= 0.3 is 0 Å². The molecule has 1 amide bonds. The molecule has 1 saturated heterocycles. The third-order valence-electron chi connectivity index (χ3n) is 5.34. The van der Waals surface area contributed by atoms with Gasteiger partial charge in [0, 0.05) is 29.7 Å². The van der Waals surface area contributed by atoms with Crippen LogP contribution in [0.5, 0.6) is 0 Å². The largest absolute Gasteiger partial charge is 0.367 e. The number of rotatable bonds is 7. The van der Waals surface area contributed by atoms with Crippen LogP contribution in [0.2, 0.25) is 5.02 Å². The van der Waals surface area contributed by atoms with Crippen molar-refractivity contribution in [3.63, 3.8) is 0 Å². The van der Waals surface area contributed by atoms with Crippen LogP contribution < -0.4 is 10.9 Å². The Bertz CT molecular complexity index is 1240. The molecule has 0 radical (unpaired) electrons. The first-order chi connectivity index (χ1) is 15.7. The number of anilines is 1. The molecule has 1 N–H and O–H groups in total. The number of carbonyl (C=O) groups is 1. The molecular weight excluding hydrogens is 476 g/mol. The molecule has 0 spiro atoms. The first kappa shape index (κ1) is 25.0. The van der Waals surface area contributed by atoms with E-state index in [2.05, 4.69) is 5.32 Å². The Morgan fingerprint density at radius 1 is 1.30 bits per heavy atom. The van der Waals surface area contributed by atoms with Crippen LogP contribution in [-0.2, 0) is 17.9 Å². The van der Waals surface area contributed by atoms with Gasteiger partial charge in [-0.1, -0.05) is 60.7 Å². The zero-order valence-electron chi connectivity index (χ0n) is 18.9. The lowest BCUT2D eigenvalue weighted by Gasteiger charge is -2.20. The van der Waals surface area contributed by atoms with Crippen molar-refractivity contribution in [1.29, 1.82) is 5.26 Å². The van der Waals surface area contributed by atoms with E-state index in [1.54, 1.807) is 28.5 Å². The summed E-state index contributed by atoms with van der Waals surface area (Å²) in [5, 5.41) is 13.7. The molecular formula is C24H25ClN4O2S2. The number of amides is 1. The van der Waals surface area contributed by atoms with Crippen LogP contribution in [0.4, 0.5) is 5.82 Å². The highest BCUT2D eigenvalue weighted by Crippen LogP contribution is 2.36. The molecule has 2 heterocycles. The summed E-state index contributed by atoms with van der Waals surface area (Å²) in [5.74, 6) is 0.372. The second kappa shape index (κ2) is 10.6. The fourth-order valence-corrected chi connectivity index (χ4v) is 5.38. The maximum absolute atomic E-state index is 13.1. The molecule has 1 aliphatic rings. The molecule has 9 heteroatoms. The molecule has 1 fully saturated rings. The molecule has 1 aromatic heterocycles. The van der Waals surface area contributed by atoms with E-state index in [-0.39, 0.29) is 23.1 Å². The number of hydrogen-bond acceptors (Lipinski definition) is 6. The first-order valence-corrected chi connectivity index (χ1v) is 12.2. The van der Waals surface area contributed by atoms with E-state index >= 15 is 0 Å². The molecule has 0 saturated carbocycles. The van der Waals surface area contributed by atoms with Crippen LogP contribution in [0.3, 0.4) is 0 Å². The van der Waals surface area contributed by atoms with Crippen molar-refractivity contribution in [3.05, 3.63) is 66.8 Å². The maximum atomic E-state index is 13.1. The summed E-state index contributed by atoms with van der Waals surface area (Å²) in [7, 11) is 0. The summed E-state index contributed by atoms with van der Waals surface area (Å²) in [6.07, 6.45) is 2.43. The number of thiocarbonyl (C=S) groups is 1. The Labute approximate surface area is 208 Å². The van der Waals surface area contributed by atoms with Gasteiger partial charge in [0.15, 0.2) is 0 Å². The zero-order valence-corrected chi connectivity index (χ0v) is 21.3. The van der Waals surface area contributed by atoms with Gasteiger partial charge in [0.1, 0.15) is 21.8 Å². The summed E-state index contributed by atoms with van der Waals surface area (Å²) in [6, 6.07) is 9.44. The van der Waals surface area contributed by atoms with E-state index in [1.807, 2.05) is 45.0 Å². The van der Waals surface area contributed by atoms with E-state index in [0.29, 0.717) is 50.7 Å². The predicted molar refractivity (Wildman–Crippen MR) is 139 cm³/mol. The second-order valence-corrected chi connectivity index (χ2v) is 10.0. The lowest BCUT2D eigenvalue weighted by atomic mass is 10.0. The Balaban J connectivity index is 2.19. The summed E-state index contributed by atoms with van der Waals surface area (Å²) < 4.78 is 2.06. The molecule has 0 atom stereocenters. The number of carbonyl (C=O) groups excluding carboxylic acids is 1. The lowest BCUT2D eigenvalue weighted by Crippen LogP contribution is -2.34. The van der Waals surface area contributed by atoms with Gasteiger partial charge in [-0.2, -0.15) is 5.26 Å². The van der Waals surface area contributed by atoms with Crippen molar-refractivity contribution in [2.45, 2.75) is 53.2 Å². The number of pyridine rings is 1. The van der Waals surface area contributed by atoms with Gasteiger partial charge < -0.3 is 5.32 Å². The number of hydrogen-bond donors (Lipinski definition) is 1. The fraction of sp³-hybridized carbons (Fsp3) is 0.333. The monoisotopic (exact) mass is 500 g/mol. The van der Waals surface area contributed by atoms with Crippen molar-refractivity contribution in [3.8, 4) is 6.07 Å². The minimum Gasteiger partial charge on any atom is -0.367 e. The van der Waals surface area contributed by atoms with Gasteiger partial charge in [0.05, 0.1) is 4.91 Å². The highest BCUT2D eigenvalue weighted by molar-refractivity contribution is 8.26. The quantitative estimate of drug-likeness (QED) is 0.410. The summed E-state index contributed by atoms with van der Waals surface area (Å²) in [5.41, 5.74) is 1.72. The Morgan fingerprint density at radius 2 is 2.00 bits per heavy atom. The van der Waals surface area contributed by atoms with Gasteiger partial charge in [-0.15, -0.1) is 0 Å². The van der Waals surface area contributed by atoms with Gasteiger partial charge in [0.2, 0.25) is 0 Å². The van der Waals surface area contributed by atoms with E-state index in [0.717, 1.165) is 5.56 Å². The molecule has 2 aromatic rings. The van der Waals surface area contributed by atoms with Gasteiger partial charge in [0.25, 0.3) is 11.5 Å². The van der Waals surface area contributed by atoms with E-state index in [1.165, 1.54) is 11.8 Å².